The van der Waals surface area contributed by atoms with Crippen molar-refractivity contribution in [3.8, 4) is 5.69 Å². The van der Waals surface area contributed by atoms with Crippen LogP contribution in [0.4, 0.5) is 10.2 Å². The first-order chi connectivity index (χ1) is 13.2. The van der Waals surface area contributed by atoms with Crippen molar-refractivity contribution < 1.29 is 13.9 Å². The second-order valence-electron chi connectivity index (χ2n) is 7.35. The van der Waals surface area contributed by atoms with Gasteiger partial charge >= 0.3 is 5.97 Å². The van der Waals surface area contributed by atoms with Crippen LogP contribution < -0.4 is 4.90 Å². The minimum absolute atomic E-state index is 0.209. The van der Waals surface area contributed by atoms with Crippen LogP contribution in [0, 0.1) is 5.82 Å². The Hall–Kier alpha value is -2.89. The molecule has 2 aliphatic heterocycles. The number of carbonyl (C=O) groups excluding carboxylic acids is 1. The molecule has 3 heterocycles. The fourth-order valence-corrected chi connectivity index (χ4v) is 4.37. The molecule has 138 valence electrons. The smallest absolute Gasteiger partial charge is 0.339 e. The van der Waals surface area contributed by atoms with Crippen LogP contribution in [-0.2, 0) is 9.53 Å². The van der Waals surface area contributed by atoms with Gasteiger partial charge in [0.2, 0.25) is 0 Å². The Kier molecular flexibility index (Phi) is 3.67. The summed E-state index contributed by atoms with van der Waals surface area (Å²) in [6.45, 7) is 0.575. The van der Waals surface area contributed by atoms with Gasteiger partial charge in [0.15, 0.2) is 5.82 Å². The summed E-state index contributed by atoms with van der Waals surface area (Å²) in [5.41, 5.74) is 1.73. The highest BCUT2D eigenvalue weighted by atomic mass is 19.1. The Balaban J connectivity index is 1.44. The predicted octanol–water partition coefficient (Wildman–Crippen LogP) is 3.90. The van der Waals surface area contributed by atoms with Crippen LogP contribution in [0.1, 0.15) is 32.1 Å². The molecule has 1 fully saturated rings. The highest BCUT2D eigenvalue weighted by Crippen LogP contribution is 2.45. The molecule has 0 radical (unpaired) electrons. The van der Waals surface area contributed by atoms with Crippen molar-refractivity contribution in [1.82, 2.24) is 9.78 Å². The van der Waals surface area contributed by atoms with Crippen LogP contribution >= 0.6 is 0 Å². The van der Waals surface area contributed by atoms with Crippen molar-refractivity contribution in [1.29, 1.82) is 0 Å². The molecular formula is C21H20FN3O2. The third-order valence-electron chi connectivity index (χ3n) is 5.76. The zero-order valence-electron chi connectivity index (χ0n) is 14.9. The predicted molar refractivity (Wildman–Crippen MR) is 98.9 cm³/mol. The summed E-state index contributed by atoms with van der Waals surface area (Å²) >= 11 is 0. The van der Waals surface area contributed by atoms with Crippen molar-refractivity contribution in [3.63, 3.8) is 0 Å². The number of hydrogen-bond acceptors (Lipinski definition) is 4. The van der Waals surface area contributed by atoms with Crippen molar-refractivity contribution in [2.24, 2.45) is 0 Å². The van der Waals surface area contributed by atoms with E-state index in [0.29, 0.717) is 23.6 Å². The van der Waals surface area contributed by atoms with Gasteiger partial charge in [-0.2, -0.15) is 0 Å². The third kappa shape index (κ3) is 2.59. The van der Waals surface area contributed by atoms with Gasteiger partial charge in [-0.3, -0.25) is 0 Å². The van der Waals surface area contributed by atoms with Gasteiger partial charge in [0.25, 0.3) is 0 Å². The van der Waals surface area contributed by atoms with Gasteiger partial charge in [0.1, 0.15) is 17.1 Å². The summed E-state index contributed by atoms with van der Waals surface area (Å²) < 4.78 is 21.4. The zero-order chi connectivity index (χ0) is 18.4. The number of hydrogen-bond donors (Lipinski definition) is 0. The number of aromatic nitrogens is 2. The maximum atomic E-state index is 14.0. The number of nitrogens with zero attached hydrogens (tertiary/aromatic N) is 3. The molecule has 3 aliphatic rings. The topological polar surface area (TPSA) is 47.4 Å². The van der Waals surface area contributed by atoms with Crippen LogP contribution in [0.15, 0.2) is 60.0 Å². The molecule has 1 spiro atoms. The first-order valence-electron chi connectivity index (χ1n) is 9.39. The van der Waals surface area contributed by atoms with E-state index in [0.717, 1.165) is 31.3 Å². The normalized spacial score (nSPS) is 20.9. The van der Waals surface area contributed by atoms with E-state index in [1.54, 1.807) is 24.4 Å². The van der Waals surface area contributed by atoms with Gasteiger partial charge in [0, 0.05) is 24.0 Å². The van der Waals surface area contributed by atoms with E-state index in [4.69, 9.17) is 4.74 Å². The Morgan fingerprint density at radius 1 is 1.11 bits per heavy atom. The standard InChI is InChI=1S/C21H20FN3O2/c22-17-6-2-3-7-18(17)25-13-9-19(23-25)24-12-8-15-16(14-24)21(27-20(15)26)10-4-1-5-11-21/h2-3,6-9,12-13H,1,4-5,10-11,14H2. The van der Waals surface area contributed by atoms with Crippen LogP contribution in [0.5, 0.6) is 0 Å². The Bertz CT molecular complexity index is 969. The van der Waals surface area contributed by atoms with Crippen molar-refractivity contribution in [2.75, 3.05) is 11.4 Å². The number of anilines is 1. The van der Waals surface area contributed by atoms with Gasteiger partial charge in [0.05, 0.1) is 12.1 Å². The van der Waals surface area contributed by atoms with Crippen LogP contribution in [0.25, 0.3) is 5.69 Å². The molecule has 1 aromatic carbocycles. The minimum Gasteiger partial charge on any atom is -0.451 e. The first-order valence-corrected chi connectivity index (χ1v) is 9.39. The summed E-state index contributed by atoms with van der Waals surface area (Å²) in [6, 6.07) is 8.41. The van der Waals surface area contributed by atoms with Crippen molar-refractivity contribution in [3.05, 3.63) is 65.8 Å². The van der Waals surface area contributed by atoms with Crippen LogP contribution in [0.2, 0.25) is 0 Å². The van der Waals surface area contributed by atoms with Crippen LogP contribution in [0.3, 0.4) is 0 Å². The number of para-hydroxylation sites is 1. The van der Waals surface area contributed by atoms with Crippen molar-refractivity contribution >= 4 is 11.8 Å². The second-order valence-corrected chi connectivity index (χ2v) is 7.35. The van der Waals surface area contributed by atoms with Gasteiger partial charge in [-0.05, 0) is 43.9 Å². The molecule has 1 saturated carbocycles. The molecule has 1 aliphatic carbocycles. The molecule has 5 rings (SSSR count). The number of carbonyl (C=O) groups is 1. The Morgan fingerprint density at radius 3 is 2.74 bits per heavy atom. The molecule has 0 atom stereocenters. The largest absolute Gasteiger partial charge is 0.451 e. The average Bonchev–Trinajstić information content (AvgIpc) is 3.27. The molecule has 0 unspecified atom stereocenters. The van der Waals surface area contributed by atoms with E-state index in [2.05, 4.69) is 5.10 Å². The SMILES string of the molecule is O=C1OC2(CCCCC2)C2=C1C=CN(c1ccn(-c3ccccc3F)n1)C2. The third-order valence-corrected chi connectivity index (χ3v) is 5.76. The lowest BCUT2D eigenvalue weighted by Crippen LogP contribution is -2.39. The lowest BCUT2D eigenvalue weighted by molar-refractivity contribution is -0.148. The summed E-state index contributed by atoms with van der Waals surface area (Å²) in [7, 11) is 0. The number of rotatable bonds is 2. The van der Waals surface area contributed by atoms with Crippen molar-refractivity contribution in [2.45, 2.75) is 37.7 Å². The number of esters is 1. The summed E-state index contributed by atoms with van der Waals surface area (Å²) in [6.07, 6.45) is 10.6. The van der Waals surface area contributed by atoms with E-state index in [1.807, 2.05) is 23.2 Å². The maximum Gasteiger partial charge on any atom is 0.339 e. The number of ether oxygens (including phenoxy) is 1. The number of fused-ring (bicyclic) bond motifs is 1. The van der Waals surface area contributed by atoms with E-state index in [-0.39, 0.29) is 11.8 Å². The van der Waals surface area contributed by atoms with Gasteiger partial charge in [-0.1, -0.05) is 18.6 Å². The quantitative estimate of drug-likeness (QED) is 0.758. The molecule has 0 amide bonds. The van der Waals surface area contributed by atoms with E-state index >= 15 is 0 Å². The van der Waals surface area contributed by atoms with Gasteiger partial charge < -0.3 is 9.64 Å². The molecule has 27 heavy (non-hydrogen) atoms. The highest BCUT2D eigenvalue weighted by Gasteiger charge is 2.48. The Morgan fingerprint density at radius 2 is 1.93 bits per heavy atom. The summed E-state index contributed by atoms with van der Waals surface area (Å²) in [5.74, 6) is 0.188. The number of benzene rings is 1. The molecule has 0 bridgehead atoms. The number of halogens is 1. The molecule has 0 saturated heterocycles. The first kappa shape index (κ1) is 16.3. The molecule has 0 N–H and O–H groups in total. The van der Waals surface area contributed by atoms with Gasteiger partial charge in [-0.25, -0.2) is 13.9 Å². The fraction of sp³-hybridized carbons (Fsp3) is 0.333. The fourth-order valence-electron chi connectivity index (χ4n) is 4.37. The van der Waals surface area contributed by atoms with Crippen LogP contribution in [-0.4, -0.2) is 27.9 Å². The summed E-state index contributed by atoms with van der Waals surface area (Å²) in [4.78, 5) is 14.3. The lowest BCUT2D eigenvalue weighted by Gasteiger charge is -2.36. The van der Waals surface area contributed by atoms with E-state index < -0.39 is 5.60 Å². The Labute approximate surface area is 156 Å². The zero-order valence-corrected chi connectivity index (χ0v) is 14.9. The molecular weight excluding hydrogens is 345 g/mol. The lowest BCUT2D eigenvalue weighted by atomic mass is 9.78. The average molecular weight is 365 g/mol. The van der Waals surface area contributed by atoms with E-state index in [9.17, 15) is 9.18 Å². The minimum atomic E-state index is -0.443. The second kappa shape index (κ2) is 6.08. The molecule has 6 heteroatoms. The molecule has 2 aromatic rings. The highest BCUT2D eigenvalue weighted by molar-refractivity contribution is 5.97. The molecule has 1 aromatic heterocycles. The summed E-state index contributed by atoms with van der Waals surface area (Å²) in [5, 5.41) is 4.53. The molecule has 5 nitrogen and oxygen atoms in total. The van der Waals surface area contributed by atoms with E-state index in [1.165, 1.54) is 17.2 Å². The monoisotopic (exact) mass is 365 g/mol. The van der Waals surface area contributed by atoms with Gasteiger partial charge in [-0.15, -0.1) is 5.10 Å². The maximum absolute atomic E-state index is 14.0.